The summed E-state index contributed by atoms with van der Waals surface area (Å²) in [5.41, 5.74) is 5.40. The zero-order chi connectivity index (χ0) is 29.2. The van der Waals surface area contributed by atoms with Crippen molar-refractivity contribution in [1.82, 2.24) is 9.88 Å². The van der Waals surface area contributed by atoms with Crippen molar-refractivity contribution in [2.75, 3.05) is 32.9 Å². The molecule has 2 heterocycles. The summed E-state index contributed by atoms with van der Waals surface area (Å²) in [6, 6.07) is 29.2. The fourth-order valence-electron chi connectivity index (χ4n) is 6.24. The summed E-state index contributed by atoms with van der Waals surface area (Å²) < 4.78 is 18.6. The highest BCUT2D eigenvalue weighted by atomic mass is 16.5. The number of carbonyl (C=O) groups is 1. The van der Waals surface area contributed by atoms with Gasteiger partial charge in [0, 0.05) is 42.5 Å². The molecular formula is C36H42N2O4. The highest BCUT2D eigenvalue weighted by Gasteiger charge is 2.41. The number of ether oxygens (including phenoxy) is 3. The van der Waals surface area contributed by atoms with Crippen LogP contribution in [0.2, 0.25) is 0 Å². The summed E-state index contributed by atoms with van der Waals surface area (Å²) in [7, 11) is 0. The minimum Gasteiger partial charge on any atom is -0.466 e. The Morgan fingerprint density at radius 1 is 0.952 bits per heavy atom. The van der Waals surface area contributed by atoms with E-state index in [2.05, 4.69) is 65.0 Å². The Morgan fingerprint density at radius 3 is 2.19 bits per heavy atom. The summed E-state index contributed by atoms with van der Waals surface area (Å²) in [6.45, 7) is 9.65. The lowest BCUT2D eigenvalue weighted by molar-refractivity contribution is -0.141. The number of nitrogens with zero attached hydrogens (tertiary/aromatic N) is 1. The number of fused-ring (bicyclic) bond motifs is 3. The van der Waals surface area contributed by atoms with E-state index in [1.54, 1.807) is 0 Å². The van der Waals surface area contributed by atoms with E-state index in [1.165, 1.54) is 17.9 Å². The van der Waals surface area contributed by atoms with E-state index >= 15 is 0 Å². The standard InChI is InChI=1S/C36H42N2O4/c1-3-21-38-22-12-20-36(26-40-24-29-13-6-4-7-14-29,27-41-25-30-15-8-5-9-16-30)35-34(33(38)19-23-42-28(2)39)31-17-10-11-18-32(31)37-35/h3-11,13-18,33,37H,1,12,19-27H2,2H3. The highest BCUT2D eigenvalue weighted by Crippen LogP contribution is 2.44. The number of aromatic nitrogens is 1. The Morgan fingerprint density at radius 2 is 1.57 bits per heavy atom. The van der Waals surface area contributed by atoms with Crippen molar-refractivity contribution in [3.8, 4) is 0 Å². The van der Waals surface area contributed by atoms with Gasteiger partial charge in [-0.05, 0) is 42.1 Å². The van der Waals surface area contributed by atoms with Crippen LogP contribution in [0, 0.1) is 0 Å². The molecule has 0 bridgehead atoms. The van der Waals surface area contributed by atoms with Crippen LogP contribution in [-0.4, -0.2) is 48.8 Å². The van der Waals surface area contributed by atoms with Gasteiger partial charge in [0.25, 0.3) is 0 Å². The molecule has 0 radical (unpaired) electrons. The van der Waals surface area contributed by atoms with Crippen molar-refractivity contribution in [2.45, 2.75) is 50.9 Å². The van der Waals surface area contributed by atoms with E-state index in [1.807, 2.05) is 42.5 Å². The molecule has 1 atom stereocenters. The zero-order valence-electron chi connectivity index (χ0n) is 24.6. The summed E-state index contributed by atoms with van der Waals surface area (Å²) in [6.07, 6.45) is 4.53. The maximum Gasteiger partial charge on any atom is 0.302 e. The first kappa shape index (κ1) is 29.8. The van der Waals surface area contributed by atoms with E-state index < -0.39 is 5.41 Å². The van der Waals surface area contributed by atoms with Crippen molar-refractivity contribution < 1.29 is 19.0 Å². The average Bonchev–Trinajstić information content (AvgIpc) is 3.39. The second kappa shape index (κ2) is 14.5. The molecule has 1 N–H and O–H groups in total. The molecule has 1 unspecified atom stereocenters. The van der Waals surface area contributed by atoms with Crippen LogP contribution in [0.15, 0.2) is 97.6 Å². The molecule has 0 saturated heterocycles. The average molecular weight is 567 g/mol. The van der Waals surface area contributed by atoms with Crippen LogP contribution in [0.4, 0.5) is 0 Å². The number of hydrogen-bond acceptors (Lipinski definition) is 5. The maximum atomic E-state index is 11.7. The van der Waals surface area contributed by atoms with E-state index in [0.717, 1.165) is 48.3 Å². The smallest absolute Gasteiger partial charge is 0.302 e. The van der Waals surface area contributed by atoms with Crippen LogP contribution < -0.4 is 0 Å². The van der Waals surface area contributed by atoms with Crippen molar-refractivity contribution in [2.24, 2.45) is 0 Å². The van der Waals surface area contributed by atoms with Gasteiger partial charge in [-0.25, -0.2) is 0 Å². The Balaban J connectivity index is 1.55. The maximum absolute atomic E-state index is 11.7. The van der Waals surface area contributed by atoms with E-state index in [9.17, 15) is 4.79 Å². The SMILES string of the molecule is C=CCN1CCCC(COCc2ccccc2)(COCc2ccccc2)c2[nH]c3ccccc3c2C1CCOC(C)=O. The molecule has 4 aromatic rings. The predicted molar refractivity (Wildman–Crippen MR) is 167 cm³/mol. The van der Waals surface area contributed by atoms with Crippen molar-refractivity contribution in [3.05, 3.63) is 120 Å². The molecule has 0 amide bonds. The van der Waals surface area contributed by atoms with Crippen molar-refractivity contribution in [1.29, 1.82) is 0 Å². The van der Waals surface area contributed by atoms with Crippen LogP contribution in [0.5, 0.6) is 0 Å². The van der Waals surface area contributed by atoms with Gasteiger partial charge in [0.2, 0.25) is 0 Å². The van der Waals surface area contributed by atoms with E-state index in [-0.39, 0.29) is 12.0 Å². The normalized spacial score (nSPS) is 16.8. The third-order valence-electron chi connectivity index (χ3n) is 8.19. The summed E-state index contributed by atoms with van der Waals surface area (Å²) in [5.74, 6) is -0.256. The second-order valence-electron chi connectivity index (χ2n) is 11.2. The molecule has 0 fully saturated rings. The largest absolute Gasteiger partial charge is 0.466 e. The van der Waals surface area contributed by atoms with Crippen molar-refractivity contribution in [3.63, 3.8) is 0 Å². The third kappa shape index (κ3) is 7.19. The van der Waals surface area contributed by atoms with Gasteiger partial charge in [-0.1, -0.05) is 84.9 Å². The van der Waals surface area contributed by atoms with Gasteiger partial charge in [0.15, 0.2) is 0 Å². The molecule has 6 heteroatoms. The Hall–Kier alpha value is -3.71. The Labute approximate surface area is 249 Å². The molecule has 0 saturated carbocycles. The van der Waals surface area contributed by atoms with Gasteiger partial charge in [0.05, 0.1) is 38.4 Å². The number of hydrogen-bond donors (Lipinski definition) is 1. The predicted octanol–water partition coefficient (Wildman–Crippen LogP) is 7.12. The second-order valence-corrected chi connectivity index (χ2v) is 11.2. The number of carbonyl (C=O) groups excluding carboxylic acids is 1. The number of aromatic amines is 1. The molecule has 3 aromatic carbocycles. The van der Waals surface area contributed by atoms with Gasteiger partial charge in [-0.2, -0.15) is 0 Å². The topological polar surface area (TPSA) is 63.8 Å². The lowest BCUT2D eigenvalue weighted by atomic mass is 9.76. The summed E-state index contributed by atoms with van der Waals surface area (Å²) in [4.78, 5) is 18.0. The lowest BCUT2D eigenvalue weighted by Gasteiger charge is -2.41. The first-order valence-corrected chi connectivity index (χ1v) is 14.9. The van der Waals surface area contributed by atoms with Crippen LogP contribution >= 0.6 is 0 Å². The number of nitrogens with one attached hydrogen (secondary N) is 1. The van der Waals surface area contributed by atoms with E-state index in [0.29, 0.717) is 39.5 Å². The van der Waals surface area contributed by atoms with Gasteiger partial charge in [0.1, 0.15) is 0 Å². The Bertz CT molecular complexity index is 1390. The minimum absolute atomic E-state index is 0.0384. The molecule has 6 nitrogen and oxygen atoms in total. The monoisotopic (exact) mass is 566 g/mol. The molecule has 1 aliphatic heterocycles. The van der Waals surface area contributed by atoms with Gasteiger partial charge < -0.3 is 19.2 Å². The van der Waals surface area contributed by atoms with Gasteiger partial charge in [-0.3, -0.25) is 9.69 Å². The van der Waals surface area contributed by atoms with Gasteiger partial charge >= 0.3 is 5.97 Å². The number of H-pyrrole nitrogens is 1. The first-order valence-electron chi connectivity index (χ1n) is 14.9. The van der Waals surface area contributed by atoms with Crippen molar-refractivity contribution >= 4 is 16.9 Å². The summed E-state index contributed by atoms with van der Waals surface area (Å²) >= 11 is 0. The lowest BCUT2D eigenvalue weighted by Crippen LogP contribution is -2.43. The van der Waals surface area contributed by atoms with Crippen LogP contribution in [-0.2, 0) is 37.6 Å². The first-order chi connectivity index (χ1) is 20.6. The summed E-state index contributed by atoms with van der Waals surface area (Å²) in [5, 5.41) is 1.19. The third-order valence-corrected chi connectivity index (χ3v) is 8.19. The minimum atomic E-state index is -0.391. The van der Waals surface area contributed by atoms with Gasteiger partial charge in [-0.15, -0.1) is 6.58 Å². The molecule has 42 heavy (non-hydrogen) atoms. The molecule has 0 aliphatic carbocycles. The molecule has 1 aromatic heterocycles. The Kier molecular flexibility index (Phi) is 10.2. The number of rotatable bonds is 13. The quantitative estimate of drug-likeness (QED) is 0.138. The molecular weight excluding hydrogens is 524 g/mol. The fourth-order valence-corrected chi connectivity index (χ4v) is 6.24. The molecule has 1 aliphatic rings. The van der Waals surface area contributed by atoms with Crippen LogP contribution in [0.25, 0.3) is 10.9 Å². The molecule has 5 rings (SSSR count). The van der Waals surface area contributed by atoms with E-state index in [4.69, 9.17) is 14.2 Å². The highest BCUT2D eigenvalue weighted by molar-refractivity contribution is 5.86. The van der Waals surface area contributed by atoms with Crippen LogP contribution in [0.3, 0.4) is 0 Å². The zero-order valence-corrected chi connectivity index (χ0v) is 24.6. The molecule has 220 valence electrons. The number of esters is 1. The van der Waals surface area contributed by atoms with Crippen LogP contribution in [0.1, 0.15) is 54.6 Å². The fraction of sp³-hybridized carbons (Fsp3) is 0.361. The number of benzene rings is 3. The number of para-hydroxylation sites is 1. The molecule has 0 spiro atoms.